The summed E-state index contributed by atoms with van der Waals surface area (Å²) in [4.78, 5) is 28.8. The second-order valence-corrected chi connectivity index (χ2v) is 8.64. The molecule has 3 amide bonds. The Hall–Kier alpha value is -2.98. The number of nitriles is 1. The Labute approximate surface area is 174 Å². The molecule has 2 aliphatic rings. The van der Waals surface area contributed by atoms with Crippen molar-refractivity contribution in [2.45, 2.75) is 24.3 Å². The minimum atomic E-state index is -0.224. The smallest absolute Gasteiger partial charge is 0.321 e. The highest BCUT2D eigenvalue weighted by molar-refractivity contribution is 8.01. The van der Waals surface area contributed by atoms with Gasteiger partial charge in [0.05, 0.1) is 22.3 Å². The van der Waals surface area contributed by atoms with Crippen LogP contribution in [0.2, 0.25) is 0 Å². The summed E-state index contributed by atoms with van der Waals surface area (Å²) in [7, 11) is 0. The van der Waals surface area contributed by atoms with Gasteiger partial charge < -0.3 is 15.1 Å². The average molecular weight is 407 g/mol. The molecule has 29 heavy (non-hydrogen) atoms. The fourth-order valence-corrected chi connectivity index (χ4v) is 5.22. The maximum atomic E-state index is 12.6. The average Bonchev–Trinajstić information content (AvgIpc) is 3.05. The second-order valence-electron chi connectivity index (χ2n) is 7.31. The van der Waals surface area contributed by atoms with Gasteiger partial charge in [0, 0.05) is 25.3 Å². The molecule has 2 aromatic rings. The lowest BCUT2D eigenvalue weighted by Crippen LogP contribution is -2.53. The quantitative estimate of drug-likeness (QED) is 0.844. The van der Waals surface area contributed by atoms with Crippen LogP contribution in [-0.4, -0.2) is 45.5 Å². The standard InChI is InChI=1S/C22H22N4O2S/c23-14-17-6-8-19(9-7-17)24-21(28)25-12-10-22(11-13-25)26(20(27)16-29-22)15-18-4-2-1-3-5-18/h1-9H,10-13,15-16H2,(H,24,28). The summed E-state index contributed by atoms with van der Waals surface area (Å²) in [6, 6.07) is 18.8. The van der Waals surface area contributed by atoms with Crippen LogP contribution in [-0.2, 0) is 11.3 Å². The molecule has 0 saturated carbocycles. The zero-order valence-electron chi connectivity index (χ0n) is 16.0. The number of benzene rings is 2. The third kappa shape index (κ3) is 4.08. The van der Waals surface area contributed by atoms with Crippen LogP contribution in [0.5, 0.6) is 0 Å². The molecule has 2 fully saturated rings. The van der Waals surface area contributed by atoms with Crippen molar-refractivity contribution in [3.8, 4) is 6.07 Å². The molecule has 0 unspecified atom stereocenters. The van der Waals surface area contributed by atoms with Crippen LogP contribution < -0.4 is 5.32 Å². The maximum Gasteiger partial charge on any atom is 0.321 e. The number of piperidine rings is 1. The first-order valence-corrected chi connectivity index (χ1v) is 10.6. The van der Waals surface area contributed by atoms with Crippen molar-refractivity contribution in [2.24, 2.45) is 0 Å². The molecule has 4 rings (SSSR count). The summed E-state index contributed by atoms with van der Waals surface area (Å²) >= 11 is 1.71. The summed E-state index contributed by atoms with van der Waals surface area (Å²) in [6.07, 6.45) is 1.52. The monoisotopic (exact) mass is 406 g/mol. The Kier molecular flexibility index (Phi) is 5.45. The number of thioether (sulfide) groups is 1. The summed E-state index contributed by atoms with van der Waals surface area (Å²) in [6.45, 7) is 1.82. The van der Waals surface area contributed by atoms with E-state index < -0.39 is 0 Å². The van der Waals surface area contributed by atoms with E-state index in [0.29, 0.717) is 36.6 Å². The highest BCUT2D eigenvalue weighted by atomic mass is 32.2. The van der Waals surface area contributed by atoms with Gasteiger partial charge in [-0.05, 0) is 42.7 Å². The molecule has 2 saturated heterocycles. The number of urea groups is 1. The number of carbonyl (C=O) groups is 2. The van der Waals surface area contributed by atoms with Gasteiger partial charge in [0.1, 0.15) is 0 Å². The molecule has 0 bridgehead atoms. The molecule has 2 aromatic carbocycles. The van der Waals surface area contributed by atoms with E-state index in [9.17, 15) is 9.59 Å². The van der Waals surface area contributed by atoms with Gasteiger partial charge in [0.15, 0.2) is 0 Å². The first-order valence-electron chi connectivity index (χ1n) is 9.64. The van der Waals surface area contributed by atoms with Crippen LogP contribution in [0.25, 0.3) is 0 Å². The molecule has 2 heterocycles. The van der Waals surface area contributed by atoms with Crippen LogP contribution in [0.1, 0.15) is 24.0 Å². The van der Waals surface area contributed by atoms with Gasteiger partial charge >= 0.3 is 6.03 Å². The molecule has 0 aromatic heterocycles. The van der Waals surface area contributed by atoms with Crippen molar-refractivity contribution in [3.63, 3.8) is 0 Å². The Morgan fingerprint density at radius 2 is 1.79 bits per heavy atom. The molecule has 7 heteroatoms. The Morgan fingerprint density at radius 3 is 2.45 bits per heavy atom. The van der Waals surface area contributed by atoms with Crippen LogP contribution in [0.15, 0.2) is 54.6 Å². The Morgan fingerprint density at radius 1 is 1.10 bits per heavy atom. The highest BCUT2D eigenvalue weighted by Crippen LogP contribution is 2.45. The normalized spacial score (nSPS) is 18.0. The van der Waals surface area contributed by atoms with E-state index in [1.165, 1.54) is 0 Å². The molecule has 0 aliphatic carbocycles. The SMILES string of the molecule is N#Cc1ccc(NC(=O)N2CCC3(CC2)SCC(=O)N3Cc2ccccc2)cc1. The first-order chi connectivity index (χ1) is 14.1. The van der Waals surface area contributed by atoms with Gasteiger partial charge in [-0.3, -0.25) is 4.79 Å². The molecule has 148 valence electrons. The van der Waals surface area contributed by atoms with E-state index in [0.717, 1.165) is 18.4 Å². The number of likely N-dealkylation sites (tertiary alicyclic amines) is 1. The zero-order valence-corrected chi connectivity index (χ0v) is 16.8. The van der Waals surface area contributed by atoms with Gasteiger partial charge in [0.2, 0.25) is 5.91 Å². The van der Waals surface area contributed by atoms with E-state index in [1.807, 2.05) is 35.2 Å². The summed E-state index contributed by atoms with van der Waals surface area (Å²) < 4.78 is 0. The first kappa shape index (κ1) is 19.3. The zero-order chi connectivity index (χ0) is 20.3. The predicted molar refractivity (Wildman–Crippen MR) is 113 cm³/mol. The van der Waals surface area contributed by atoms with Crippen molar-refractivity contribution in [2.75, 3.05) is 24.2 Å². The number of hydrogen-bond donors (Lipinski definition) is 1. The fraction of sp³-hybridized carbons (Fsp3) is 0.318. The number of carbonyl (C=O) groups excluding carboxylic acids is 2. The number of rotatable bonds is 3. The van der Waals surface area contributed by atoms with E-state index >= 15 is 0 Å². The fourth-order valence-electron chi connectivity index (χ4n) is 3.88. The van der Waals surface area contributed by atoms with Crippen LogP contribution >= 0.6 is 11.8 Å². The summed E-state index contributed by atoms with van der Waals surface area (Å²) in [5.74, 6) is 0.680. The van der Waals surface area contributed by atoms with Crippen molar-refractivity contribution >= 4 is 29.4 Å². The highest BCUT2D eigenvalue weighted by Gasteiger charge is 2.48. The molecular formula is C22H22N4O2S. The van der Waals surface area contributed by atoms with Crippen molar-refractivity contribution in [3.05, 3.63) is 65.7 Å². The van der Waals surface area contributed by atoms with Crippen molar-refractivity contribution in [1.82, 2.24) is 9.80 Å². The van der Waals surface area contributed by atoms with Gasteiger partial charge in [-0.15, -0.1) is 11.8 Å². The number of nitrogens with one attached hydrogen (secondary N) is 1. The lowest BCUT2D eigenvalue weighted by Gasteiger charge is -2.44. The minimum absolute atomic E-state index is 0.145. The number of nitrogens with zero attached hydrogens (tertiary/aromatic N) is 3. The number of hydrogen-bond acceptors (Lipinski definition) is 4. The van der Waals surface area contributed by atoms with Crippen LogP contribution in [0, 0.1) is 11.3 Å². The molecule has 0 radical (unpaired) electrons. The summed E-state index contributed by atoms with van der Waals surface area (Å²) in [5.41, 5.74) is 2.36. The van der Waals surface area contributed by atoms with Gasteiger partial charge in [-0.2, -0.15) is 5.26 Å². The topological polar surface area (TPSA) is 76.4 Å². The number of anilines is 1. The lowest BCUT2D eigenvalue weighted by molar-refractivity contribution is -0.131. The van der Waals surface area contributed by atoms with E-state index in [2.05, 4.69) is 11.4 Å². The van der Waals surface area contributed by atoms with Gasteiger partial charge in [-0.25, -0.2) is 4.79 Å². The third-order valence-electron chi connectivity index (χ3n) is 5.54. The molecular weight excluding hydrogens is 384 g/mol. The minimum Gasteiger partial charge on any atom is -0.324 e. The van der Waals surface area contributed by atoms with Crippen LogP contribution in [0.3, 0.4) is 0 Å². The lowest BCUT2D eigenvalue weighted by atomic mass is 10.0. The predicted octanol–water partition coefficient (Wildman–Crippen LogP) is 3.66. The molecule has 1 N–H and O–H groups in total. The summed E-state index contributed by atoms with van der Waals surface area (Å²) in [5, 5.41) is 11.8. The van der Waals surface area contributed by atoms with E-state index in [-0.39, 0.29) is 16.8 Å². The molecule has 2 aliphatic heterocycles. The second kappa shape index (κ2) is 8.18. The van der Waals surface area contributed by atoms with Gasteiger partial charge in [-0.1, -0.05) is 30.3 Å². The van der Waals surface area contributed by atoms with E-state index in [4.69, 9.17) is 5.26 Å². The molecule has 1 spiro atoms. The third-order valence-corrected chi connectivity index (χ3v) is 7.10. The largest absolute Gasteiger partial charge is 0.324 e. The maximum absolute atomic E-state index is 12.6. The molecule has 6 nitrogen and oxygen atoms in total. The van der Waals surface area contributed by atoms with Gasteiger partial charge in [0.25, 0.3) is 0 Å². The number of amides is 3. The van der Waals surface area contributed by atoms with Crippen LogP contribution in [0.4, 0.5) is 10.5 Å². The van der Waals surface area contributed by atoms with Crippen molar-refractivity contribution < 1.29 is 9.59 Å². The Balaban J connectivity index is 1.39. The van der Waals surface area contributed by atoms with Crippen molar-refractivity contribution in [1.29, 1.82) is 5.26 Å². The molecule has 0 atom stereocenters. The van der Waals surface area contributed by atoms with E-state index in [1.54, 1.807) is 40.9 Å². The Bertz CT molecular complexity index is 932.